The van der Waals surface area contributed by atoms with Gasteiger partial charge >= 0.3 is 0 Å². The van der Waals surface area contributed by atoms with Gasteiger partial charge < -0.3 is 0 Å². The predicted molar refractivity (Wildman–Crippen MR) is 61.6 cm³/mol. The minimum Gasteiger partial charge on any atom is -0.212 e. The van der Waals surface area contributed by atoms with Crippen LogP contribution in [0.25, 0.3) is 0 Å². The summed E-state index contributed by atoms with van der Waals surface area (Å²) in [5.41, 5.74) is -0.421. The molecule has 1 unspecified atom stereocenters. The van der Waals surface area contributed by atoms with Crippen LogP contribution in [0.5, 0.6) is 0 Å². The van der Waals surface area contributed by atoms with Gasteiger partial charge in [-0.25, -0.2) is 8.42 Å². The molecule has 0 spiro atoms. The predicted octanol–water partition coefficient (Wildman–Crippen LogP) is 1.82. The first-order chi connectivity index (χ1) is 6.84. The Bertz CT molecular complexity index is 348. The van der Waals surface area contributed by atoms with E-state index in [4.69, 9.17) is 11.6 Å². The van der Waals surface area contributed by atoms with Crippen LogP contribution < -0.4 is 0 Å². The maximum atomic E-state index is 12.1. The molecule has 1 atom stereocenters. The second-order valence-electron chi connectivity index (χ2n) is 5.20. The first-order valence-electron chi connectivity index (χ1n) is 5.48. The third kappa shape index (κ3) is 2.17. The highest BCUT2D eigenvalue weighted by atomic mass is 35.5. The van der Waals surface area contributed by atoms with Crippen LogP contribution in [-0.2, 0) is 10.0 Å². The van der Waals surface area contributed by atoms with E-state index in [0.29, 0.717) is 18.2 Å². The summed E-state index contributed by atoms with van der Waals surface area (Å²) >= 11 is 6.15. The van der Waals surface area contributed by atoms with Crippen molar-refractivity contribution in [3.63, 3.8) is 0 Å². The summed E-state index contributed by atoms with van der Waals surface area (Å²) in [6, 6.07) is 0. The van der Waals surface area contributed by atoms with Crippen LogP contribution in [0.3, 0.4) is 0 Å². The van der Waals surface area contributed by atoms with Crippen molar-refractivity contribution < 1.29 is 8.42 Å². The van der Waals surface area contributed by atoms with Crippen LogP contribution in [0.2, 0.25) is 0 Å². The van der Waals surface area contributed by atoms with E-state index in [-0.39, 0.29) is 5.38 Å². The molecule has 1 saturated heterocycles. The molecule has 0 bridgehead atoms. The fourth-order valence-corrected chi connectivity index (χ4v) is 4.81. The Morgan fingerprint density at radius 2 is 1.93 bits per heavy atom. The highest BCUT2D eigenvalue weighted by Crippen LogP contribution is 2.38. The van der Waals surface area contributed by atoms with Crippen molar-refractivity contribution in [2.75, 3.05) is 12.3 Å². The molecule has 1 heterocycles. The molecule has 1 aliphatic heterocycles. The normalized spacial score (nSPS) is 32.1. The van der Waals surface area contributed by atoms with Gasteiger partial charge in [0.05, 0.1) is 11.1 Å². The Morgan fingerprint density at radius 1 is 1.33 bits per heavy atom. The topological polar surface area (TPSA) is 37.4 Å². The standard InChI is InChI=1S/C10H18ClNO2S/c1-10(2)9(11)5-6-12(10)15(13,14)7-8-3-4-8/h8-9H,3-7H2,1-2H3. The molecular weight excluding hydrogens is 234 g/mol. The number of rotatable bonds is 3. The van der Waals surface area contributed by atoms with E-state index in [1.807, 2.05) is 13.8 Å². The zero-order valence-electron chi connectivity index (χ0n) is 9.24. The first kappa shape index (κ1) is 11.7. The summed E-state index contributed by atoms with van der Waals surface area (Å²) < 4.78 is 25.8. The minimum absolute atomic E-state index is 0.0634. The van der Waals surface area contributed by atoms with Gasteiger partial charge in [0.2, 0.25) is 10.0 Å². The van der Waals surface area contributed by atoms with Gasteiger partial charge in [0.1, 0.15) is 0 Å². The number of sulfonamides is 1. The molecule has 88 valence electrons. The van der Waals surface area contributed by atoms with E-state index in [1.54, 1.807) is 4.31 Å². The Hall–Kier alpha value is 0.200. The lowest BCUT2D eigenvalue weighted by atomic mass is 10.0. The molecule has 0 aromatic rings. The molecule has 5 heteroatoms. The van der Waals surface area contributed by atoms with E-state index in [9.17, 15) is 8.42 Å². The lowest BCUT2D eigenvalue weighted by molar-refractivity contribution is 0.294. The third-order valence-corrected chi connectivity index (χ3v) is 6.44. The van der Waals surface area contributed by atoms with Crippen molar-refractivity contribution in [1.82, 2.24) is 4.31 Å². The van der Waals surface area contributed by atoms with E-state index >= 15 is 0 Å². The summed E-state index contributed by atoms with van der Waals surface area (Å²) in [5, 5.41) is -0.0634. The number of alkyl halides is 1. The van der Waals surface area contributed by atoms with E-state index in [0.717, 1.165) is 19.3 Å². The summed E-state index contributed by atoms with van der Waals surface area (Å²) in [6.07, 6.45) is 2.90. The first-order valence-corrected chi connectivity index (χ1v) is 7.53. The van der Waals surface area contributed by atoms with Gasteiger partial charge in [-0.3, -0.25) is 0 Å². The molecule has 0 N–H and O–H groups in total. The van der Waals surface area contributed by atoms with Crippen LogP contribution in [0.4, 0.5) is 0 Å². The number of halogens is 1. The molecule has 0 amide bonds. The SMILES string of the molecule is CC1(C)C(Cl)CCN1S(=O)(=O)CC1CC1. The van der Waals surface area contributed by atoms with Crippen molar-refractivity contribution in [3.8, 4) is 0 Å². The van der Waals surface area contributed by atoms with Crippen LogP contribution in [-0.4, -0.2) is 35.9 Å². The van der Waals surface area contributed by atoms with Crippen LogP contribution >= 0.6 is 11.6 Å². The van der Waals surface area contributed by atoms with Gasteiger partial charge in [-0.1, -0.05) is 0 Å². The molecule has 2 aliphatic rings. The lowest BCUT2D eigenvalue weighted by Gasteiger charge is -2.32. The van der Waals surface area contributed by atoms with Gasteiger partial charge in [0.25, 0.3) is 0 Å². The van der Waals surface area contributed by atoms with Crippen LogP contribution in [0.15, 0.2) is 0 Å². The van der Waals surface area contributed by atoms with E-state index in [2.05, 4.69) is 0 Å². The molecule has 0 aromatic carbocycles. The zero-order chi connectivity index (χ0) is 11.3. The quantitative estimate of drug-likeness (QED) is 0.718. The molecular formula is C10H18ClNO2S. The van der Waals surface area contributed by atoms with E-state index in [1.165, 1.54) is 0 Å². The smallest absolute Gasteiger partial charge is 0.212 e. The van der Waals surface area contributed by atoms with Gasteiger partial charge in [-0.15, -0.1) is 11.6 Å². The minimum atomic E-state index is -3.09. The Morgan fingerprint density at radius 3 is 2.33 bits per heavy atom. The van der Waals surface area contributed by atoms with Gasteiger partial charge in [-0.05, 0) is 39.0 Å². The monoisotopic (exact) mass is 251 g/mol. The molecule has 3 nitrogen and oxygen atoms in total. The Balaban J connectivity index is 2.15. The third-order valence-electron chi connectivity index (χ3n) is 3.47. The van der Waals surface area contributed by atoms with Gasteiger partial charge in [0.15, 0.2) is 0 Å². The van der Waals surface area contributed by atoms with E-state index < -0.39 is 15.6 Å². The summed E-state index contributed by atoms with van der Waals surface area (Å²) in [6.45, 7) is 4.42. The highest BCUT2D eigenvalue weighted by Gasteiger charge is 2.47. The number of nitrogens with zero attached hydrogens (tertiary/aromatic N) is 1. The van der Waals surface area contributed by atoms with Crippen LogP contribution in [0.1, 0.15) is 33.1 Å². The van der Waals surface area contributed by atoms with Crippen molar-refractivity contribution in [2.24, 2.45) is 5.92 Å². The number of hydrogen-bond donors (Lipinski definition) is 0. The van der Waals surface area contributed by atoms with Crippen LogP contribution in [0, 0.1) is 5.92 Å². The second kappa shape index (κ2) is 3.60. The maximum Gasteiger partial charge on any atom is 0.214 e. The second-order valence-corrected chi connectivity index (χ2v) is 7.67. The van der Waals surface area contributed by atoms with Crippen molar-refractivity contribution in [1.29, 1.82) is 0 Å². The molecule has 1 aliphatic carbocycles. The van der Waals surface area contributed by atoms with Crippen molar-refractivity contribution in [3.05, 3.63) is 0 Å². The Labute approximate surface area is 96.8 Å². The molecule has 0 radical (unpaired) electrons. The zero-order valence-corrected chi connectivity index (χ0v) is 10.8. The summed E-state index contributed by atoms with van der Waals surface area (Å²) in [7, 11) is -3.09. The van der Waals surface area contributed by atoms with Gasteiger partial charge in [-0.2, -0.15) is 4.31 Å². The fourth-order valence-electron chi connectivity index (χ4n) is 2.20. The average molecular weight is 252 g/mol. The summed E-state index contributed by atoms with van der Waals surface area (Å²) in [4.78, 5) is 0. The van der Waals surface area contributed by atoms with Crippen molar-refractivity contribution in [2.45, 2.75) is 44.0 Å². The molecule has 0 aromatic heterocycles. The lowest BCUT2D eigenvalue weighted by Crippen LogP contribution is -2.47. The Kier molecular flexibility index (Phi) is 2.81. The fraction of sp³-hybridized carbons (Fsp3) is 1.00. The van der Waals surface area contributed by atoms with Gasteiger partial charge in [0, 0.05) is 12.1 Å². The molecule has 15 heavy (non-hydrogen) atoms. The molecule has 2 rings (SSSR count). The molecule has 1 saturated carbocycles. The maximum absolute atomic E-state index is 12.1. The average Bonchev–Trinajstić information content (AvgIpc) is 2.81. The highest BCUT2D eigenvalue weighted by molar-refractivity contribution is 7.89. The molecule has 2 fully saturated rings. The van der Waals surface area contributed by atoms with Crippen molar-refractivity contribution >= 4 is 21.6 Å². The number of hydrogen-bond acceptors (Lipinski definition) is 2. The largest absolute Gasteiger partial charge is 0.214 e. The summed E-state index contributed by atoms with van der Waals surface area (Å²) in [5.74, 6) is 0.722.